The third kappa shape index (κ3) is 3.89. The Hall–Kier alpha value is -1.72. The second kappa shape index (κ2) is 6.37. The average Bonchev–Trinajstić information content (AvgIpc) is 3.17. The summed E-state index contributed by atoms with van der Waals surface area (Å²) in [6, 6.07) is 7.71. The van der Waals surface area contributed by atoms with Gasteiger partial charge in [0, 0.05) is 22.8 Å². The number of aromatic nitrogens is 1. The topological polar surface area (TPSA) is 51.2 Å². The largest absolute Gasteiger partial charge is 0.368 e. The lowest BCUT2D eigenvalue weighted by Crippen LogP contribution is -2.28. The van der Waals surface area contributed by atoms with Crippen molar-refractivity contribution in [2.24, 2.45) is 5.92 Å². The predicted molar refractivity (Wildman–Crippen MR) is 84.3 cm³/mol. The molecule has 4 nitrogen and oxygen atoms in total. The molecule has 1 saturated carbocycles. The minimum Gasteiger partial charge on any atom is -0.368 e. The molecule has 3 rings (SSSR count). The van der Waals surface area contributed by atoms with E-state index in [9.17, 15) is 4.79 Å². The van der Waals surface area contributed by atoms with Gasteiger partial charge in [0.05, 0.1) is 6.61 Å². The Morgan fingerprint density at radius 3 is 2.81 bits per heavy atom. The zero-order chi connectivity index (χ0) is 14.7. The molecular formula is C16H18N2O2S. The maximum absolute atomic E-state index is 12.0. The summed E-state index contributed by atoms with van der Waals surface area (Å²) in [7, 11) is 0. The first-order valence-electron chi connectivity index (χ1n) is 7.15. The fourth-order valence-corrected chi connectivity index (χ4v) is 2.59. The molecule has 1 aromatic carbocycles. The van der Waals surface area contributed by atoms with Gasteiger partial charge in [0.15, 0.2) is 0 Å². The van der Waals surface area contributed by atoms with Crippen LogP contribution in [0.25, 0.3) is 10.6 Å². The SMILES string of the molecule is C[C@H](OCC1CC1)C(=O)Nc1ccc(-c2nccs2)cc1. The van der Waals surface area contributed by atoms with Gasteiger partial charge in [-0.1, -0.05) is 0 Å². The molecule has 1 aromatic heterocycles. The van der Waals surface area contributed by atoms with Gasteiger partial charge in [-0.3, -0.25) is 4.79 Å². The van der Waals surface area contributed by atoms with Crippen molar-refractivity contribution >= 4 is 22.9 Å². The van der Waals surface area contributed by atoms with Gasteiger partial charge in [0.1, 0.15) is 11.1 Å². The molecule has 1 heterocycles. The number of nitrogens with one attached hydrogen (secondary N) is 1. The maximum Gasteiger partial charge on any atom is 0.253 e. The van der Waals surface area contributed by atoms with E-state index < -0.39 is 6.10 Å². The van der Waals surface area contributed by atoms with E-state index >= 15 is 0 Å². The first-order valence-corrected chi connectivity index (χ1v) is 8.03. The summed E-state index contributed by atoms with van der Waals surface area (Å²) in [4.78, 5) is 16.3. The fraction of sp³-hybridized carbons (Fsp3) is 0.375. The molecule has 110 valence electrons. The number of rotatable bonds is 6. The number of amides is 1. The van der Waals surface area contributed by atoms with Gasteiger partial charge < -0.3 is 10.1 Å². The predicted octanol–water partition coefficient (Wildman–Crippen LogP) is 3.56. The number of carbonyl (C=O) groups is 1. The summed E-state index contributed by atoms with van der Waals surface area (Å²) in [6.07, 6.45) is 3.83. The summed E-state index contributed by atoms with van der Waals surface area (Å²) >= 11 is 1.60. The van der Waals surface area contributed by atoms with E-state index in [-0.39, 0.29) is 5.91 Å². The highest BCUT2D eigenvalue weighted by Gasteiger charge is 2.24. The molecule has 21 heavy (non-hydrogen) atoms. The van der Waals surface area contributed by atoms with Crippen LogP contribution >= 0.6 is 11.3 Å². The van der Waals surface area contributed by atoms with Crippen molar-refractivity contribution in [3.05, 3.63) is 35.8 Å². The molecule has 1 aliphatic carbocycles. The Morgan fingerprint density at radius 2 is 2.19 bits per heavy atom. The van der Waals surface area contributed by atoms with Crippen LogP contribution in [0, 0.1) is 5.92 Å². The van der Waals surface area contributed by atoms with E-state index in [1.54, 1.807) is 24.5 Å². The third-order valence-electron chi connectivity index (χ3n) is 3.48. The Morgan fingerprint density at radius 1 is 1.43 bits per heavy atom. The van der Waals surface area contributed by atoms with Gasteiger partial charge in [-0.2, -0.15) is 0 Å². The van der Waals surface area contributed by atoms with Crippen LogP contribution in [0.1, 0.15) is 19.8 Å². The molecule has 1 aliphatic rings. The van der Waals surface area contributed by atoms with Crippen LogP contribution in [0.5, 0.6) is 0 Å². The quantitative estimate of drug-likeness (QED) is 0.887. The van der Waals surface area contributed by atoms with Crippen molar-refractivity contribution in [2.75, 3.05) is 11.9 Å². The highest BCUT2D eigenvalue weighted by molar-refractivity contribution is 7.13. The minimum absolute atomic E-state index is 0.0994. The summed E-state index contributed by atoms with van der Waals surface area (Å²) in [5, 5.41) is 5.81. The van der Waals surface area contributed by atoms with Crippen molar-refractivity contribution in [2.45, 2.75) is 25.9 Å². The number of carbonyl (C=O) groups excluding carboxylic acids is 1. The third-order valence-corrected chi connectivity index (χ3v) is 4.30. The van der Waals surface area contributed by atoms with E-state index in [1.807, 2.05) is 29.6 Å². The van der Waals surface area contributed by atoms with Crippen LogP contribution in [0.4, 0.5) is 5.69 Å². The molecule has 0 spiro atoms. The normalized spacial score (nSPS) is 15.7. The van der Waals surface area contributed by atoms with Crippen LogP contribution in [-0.2, 0) is 9.53 Å². The second-order valence-electron chi connectivity index (χ2n) is 5.32. The zero-order valence-electron chi connectivity index (χ0n) is 11.9. The number of anilines is 1. The standard InChI is InChI=1S/C16H18N2O2S/c1-11(20-10-12-2-3-12)15(19)18-14-6-4-13(5-7-14)16-17-8-9-21-16/h4-9,11-12H,2-3,10H2,1H3,(H,18,19)/t11-/m0/s1. The molecule has 0 unspecified atom stereocenters. The van der Waals surface area contributed by atoms with Gasteiger partial charge in [-0.05, 0) is 49.9 Å². The van der Waals surface area contributed by atoms with Crippen molar-refractivity contribution in [1.29, 1.82) is 0 Å². The lowest BCUT2D eigenvalue weighted by molar-refractivity contribution is -0.126. The molecule has 1 amide bonds. The molecule has 0 saturated heterocycles. The zero-order valence-corrected chi connectivity index (χ0v) is 12.7. The van der Waals surface area contributed by atoms with Crippen molar-refractivity contribution < 1.29 is 9.53 Å². The Kier molecular flexibility index (Phi) is 4.31. The van der Waals surface area contributed by atoms with Crippen LogP contribution in [0.2, 0.25) is 0 Å². The van der Waals surface area contributed by atoms with Crippen LogP contribution in [0.3, 0.4) is 0 Å². The highest BCUT2D eigenvalue weighted by atomic mass is 32.1. The van der Waals surface area contributed by atoms with Crippen molar-refractivity contribution in [1.82, 2.24) is 4.98 Å². The number of hydrogen-bond acceptors (Lipinski definition) is 4. The molecule has 1 N–H and O–H groups in total. The average molecular weight is 302 g/mol. The summed E-state index contributed by atoms with van der Waals surface area (Å²) in [6.45, 7) is 2.49. The summed E-state index contributed by atoms with van der Waals surface area (Å²) in [5.74, 6) is 0.565. The van der Waals surface area contributed by atoms with Crippen molar-refractivity contribution in [3.8, 4) is 10.6 Å². The van der Waals surface area contributed by atoms with Crippen LogP contribution in [-0.4, -0.2) is 23.6 Å². The van der Waals surface area contributed by atoms with Gasteiger partial charge in [-0.15, -0.1) is 11.3 Å². The van der Waals surface area contributed by atoms with E-state index in [0.717, 1.165) is 16.3 Å². The van der Waals surface area contributed by atoms with Gasteiger partial charge in [-0.25, -0.2) is 4.98 Å². The number of benzene rings is 1. The molecule has 0 radical (unpaired) electrons. The fourth-order valence-electron chi connectivity index (χ4n) is 1.95. The summed E-state index contributed by atoms with van der Waals surface area (Å²) < 4.78 is 5.56. The summed E-state index contributed by atoms with van der Waals surface area (Å²) in [5.41, 5.74) is 1.84. The van der Waals surface area contributed by atoms with E-state index in [0.29, 0.717) is 12.5 Å². The Balaban J connectivity index is 1.55. The van der Waals surface area contributed by atoms with Crippen LogP contribution < -0.4 is 5.32 Å². The molecule has 0 bridgehead atoms. The molecule has 1 atom stereocenters. The van der Waals surface area contributed by atoms with E-state index in [4.69, 9.17) is 4.74 Å². The van der Waals surface area contributed by atoms with Crippen LogP contribution in [0.15, 0.2) is 35.8 Å². The number of hydrogen-bond donors (Lipinski definition) is 1. The van der Waals surface area contributed by atoms with Gasteiger partial charge >= 0.3 is 0 Å². The molecule has 2 aromatic rings. The monoisotopic (exact) mass is 302 g/mol. The molecule has 0 aliphatic heterocycles. The van der Waals surface area contributed by atoms with E-state index in [1.165, 1.54) is 12.8 Å². The lowest BCUT2D eigenvalue weighted by Gasteiger charge is -2.13. The smallest absolute Gasteiger partial charge is 0.253 e. The first kappa shape index (κ1) is 14.2. The number of thiazole rings is 1. The van der Waals surface area contributed by atoms with Gasteiger partial charge in [0.25, 0.3) is 5.91 Å². The Labute approximate surface area is 128 Å². The minimum atomic E-state index is -0.413. The second-order valence-corrected chi connectivity index (χ2v) is 6.22. The number of ether oxygens (including phenoxy) is 1. The number of nitrogens with zero attached hydrogens (tertiary/aromatic N) is 1. The Bertz CT molecular complexity index is 591. The van der Waals surface area contributed by atoms with Gasteiger partial charge in [0.2, 0.25) is 0 Å². The lowest BCUT2D eigenvalue weighted by atomic mass is 10.2. The molecular weight excluding hydrogens is 284 g/mol. The van der Waals surface area contributed by atoms with Crippen molar-refractivity contribution in [3.63, 3.8) is 0 Å². The highest BCUT2D eigenvalue weighted by Crippen LogP contribution is 2.29. The molecule has 5 heteroatoms. The molecule has 1 fully saturated rings. The first-order chi connectivity index (χ1) is 10.2. The maximum atomic E-state index is 12.0. The van der Waals surface area contributed by atoms with E-state index in [2.05, 4.69) is 10.3 Å².